The van der Waals surface area contributed by atoms with E-state index in [9.17, 15) is 18.4 Å². The van der Waals surface area contributed by atoms with E-state index >= 15 is 0 Å². The summed E-state index contributed by atoms with van der Waals surface area (Å²) in [7, 11) is 1.59. The molecule has 0 saturated carbocycles. The minimum absolute atomic E-state index is 0.153. The molecule has 0 bridgehead atoms. The Morgan fingerprint density at radius 1 is 1.16 bits per heavy atom. The molecular formula is C23H24F2N2O4. The zero-order valence-electron chi connectivity index (χ0n) is 17.5. The molecule has 2 amide bonds. The molecule has 4 rings (SSSR count). The Hall–Kier alpha value is -3.16. The van der Waals surface area contributed by atoms with Crippen molar-refractivity contribution in [3.63, 3.8) is 0 Å². The fourth-order valence-electron chi connectivity index (χ4n) is 4.17. The lowest BCUT2D eigenvalue weighted by Gasteiger charge is -2.37. The van der Waals surface area contributed by atoms with Gasteiger partial charge in [0.05, 0.1) is 19.2 Å². The molecule has 0 aromatic heterocycles. The largest absolute Gasteiger partial charge is 0.497 e. The summed E-state index contributed by atoms with van der Waals surface area (Å²) in [4.78, 5) is 28.3. The van der Waals surface area contributed by atoms with Gasteiger partial charge in [-0.2, -0.15) is 0 Å². The highest BCUT2D eigenvalue weighted by Crippen LogP contribution is 2.35. The summed E-state index contributed by atoms with van der Waals surface area (Å²) in [6, 6.07) is 10.2. The number of piperidine rings is 1. The van der Waals surface area contributed by atoms with E-state index in [1.807, 2.05) is 24.3 Å². The molecule has 2 aromatic carbocycles. The van der Waals surface area contributed by atoms with E-state index < -0.39 is 29.2 Å². The van der Waals surface area contributed by atoms with Crippen LogP contribution in [-0.2, 0) is 11.3 Å². The molecule has 2 fully saturated rings. The highest BCUT2D eigenvalue weighted by molar-refractivity contribution is 5.94. The molecule has 2 aliphatic rings. The fraction of sp³-hybridized carbons (Fsp3) is 0.391. The van der Waals surface area contributed by atoms with E-state index in [0.717, 1.165) is 5.56 Å². The van der Waals surface area contributed by atoms with Crippen LogP contribution in [-0.4, -0.2) is 54.1 Å². The van der Waals surface area contributed by atoms with Gasteiger partial charge in [-0.05, 0) is 36.2 Å². The Bertz CT molecular complexity index is 1020. The van der Waals surface area contributed by atoms with Crippen LogP contribution in [0.4, 0.5) is 13.6 Å². The average molecular weight is 430 g/mol. The first-order valence-electron chi connectivity index (χ1n) is 10.2. The summed E-state index contributed by atoms with van der Waals surface area (Å²) in [5.74, 6) is -1.96. The van der Waals surface area contributed by atoms with Gasteiger partial charge in [0.15, 0.2) is 11.6 Å². The number of aryl methyl sites for hydroxylation is 1. The minimum atomic E-state index is -1.12. The third-order valence-corrected chi connectivity index (χ3v) is 6.02. The molecule has 2 aromatic rings. The lowest BCUT2D eigenvalue weighted by molar-refractivity contribution is 0.00299. The van der Waals surface area contributed by atoms with Crippen LogP contribution in [0.1, 0.15) is 34.3 Å². The number of benzene rings is 2. The van der Waals surface area contributed by atoms with Gasteiger partial charge >= 0.3 is 6.09 Å². The second-order valence-corrected chi connectivity index (χ2v) is 8.11. The van der Waals surface area contributed by atoms with E-state index in [0.29, 0.717) is 44.8 Å². The first-order valence-corrected chi connectivity index (χ1v) is 10.2. The Kier molecular flexibility index (Phi) is 5.56. The predicted octanol–water partition coefficient (Wildman–Crippen LogP) is 3.91. The molecule has 0 unspecified atom stereocenters. The van der Waals surface area contributed by atoms with Gasteiger partial charge in [-0.25, -0.2) is 13.6 Å². The zero-order valence-corrected chi connectivity index (χ0v) is 17.5. The lowest BCUT2D eigenvalue weighted by Crippen LogP contribution is -2.48. The molecule has 0 radical (unpaired) electrons. The van der Waals surface area contributed by atoms with Crippen LogP contribution in [0.15, 0.2) is 36.4 Å². The SMILES string of the molecule is COc1cccc(CN2CC3(CCN(C(=O)c4ccc(C)c(F)c4F)CC3)OC2=O)c1. The first kappa shape index (κ1) is 21.1. The smallest absolute Gasteiger partial charge is 0.410 e. The van der Waals surface area contributed by atoms with Crippen molar-refractivity contribution in [1.82, 2.24) is 9.80 Å². The molecule has 0 N–H and O–H groups in total. The van der Waals surface area contributed by atoms with Gasteiger partial charge in [-0.3, -0.25) is 9.69 Å². The van der Waals surface area contributed by atoms with Gasteiger partial charge in [0, 0.05) is 32.5 Å². The summed E-state index contributed by atoms with van der Waals surface area (Å²) in [6.07, 6.45) is 0.485. The summed E-state index contributed by atoms with van der Waals surface area (Å²) >= 11 is 0. The summed E-state index contributed by atoms with van der Waals surface area (Å²) in [5, 5.41) is 0. The number of hydrogen-bond donors (Lipinski definition) is 0. The molecule has 8 heteroatoms. The Morgan fingerprint density at radius 2 is 1.90 bits per heavy atom. The number of methoxy groups -OCH3 is 1. The van der Waals surface area contributed by atoms with Crippen molar-refractivity contribution >= 4 is 12.0 Å². The zero-order chi connectivity index (χ0) is 22.2. The van der Waals surface area contributed by atoms with Crippen molar-refractivity contribution in [1.29, 1.82) is 0 Å². The first-order chi connectivity index (χ1) is 14.8. The lowest BCUT2D eigenvalue weighted by atomic mass is 9.91. The Morgan fingerprint density at radius 3 is 2.61 bits per heavy atom. The van der Waals surface area contributed by atoms with Crippen LogP contribution in [0.25, 0.3) is 0 Å². The minimum Gasteiger partial charge on any atom is -0.497 e. The third kappa shape index (κ3) is 4.06. The van der Waals surface area contributed by atoms with Gasteiger partial charge in [-0.1, -0.05) is 18.2 Å². The highest BCUT2D eigenvalue weighted by Gasteiger charge is 2.47. The van der Waals surface area contributed by atoms with Crippen LogP contribution >= 0.6 is 0 Å². The van der Waals surface area contributed by atoms with Gasteiger partial charge in [-0.15, -0.1) is 0 Å². The summed E-state index contributed by atoms with van der Waals surface area (Å²) < 4.78 is 39.0. The molecule has 2 heterocycles. The van der Waals surface area contributed by atoms with Crippen LogP contribution in [0, 0.1) is 18.6 Å². The van der Waals surface area contributed by atoms with Crippen molar-refractivity contribution < 1.29 is 27.8 Å². The average Bonchev–Trinajstić information content (AvgIpc) is 3.06. The van der Waals surface area contributed by atoms with Gasteiger partial charge < -0.3 is 14.4 Å². The predicted molar refractivity (Wildman–Crippen MR) is 109 cm³/mol. The number of nitrogens with zero attached hydrogens (tertiary/aromatic N) is 2. The summed E-state index contributed by atoms with van der Waals surface area (Å²) in [5.41, 5.74) is 0.129. The van der Waals surface area contributed by atoms with E-state index in [-0.39, 0.29) is 11.1 Å². The topological polar surface area (TPSA) is 59.1 Å². The number of halogens is 2. The maximum atomic E-state index is 14.2. The molecular weight excluding hydrogens is 406 g/mol. The van der Waals surface area contributed by atoms with E-state index in [1.54, 1.807) is 12.0 Å². The maximum absolute atomic E-state index is 14.2. The van der Waals surface area contributed by atoms with Crippen LogP contribution in [0.3, 0.4) is 0 Å². The monoisotopic (exact) mass is 430 g/mol. The van der Waals surface area contributed by atoms with Crippen LogP contribution < -0.4 is 4.74 Å². The Labute approximate surface area is 179 Å². The van der Waals surface area contributed by atoms with E-state index in [1.165, 1.54) is 24.0 Å². The number of rotatable bonds is 4. The summed E-state index contributed by atoms with van der Waals surface area (Å²) in [6.45, 7) is 2.86. The molecule has 31 heavy (non-hydrogen) atoms. The van der Waals surface area contributed by atoms with Crippen molar-refractivity contribution in [2.45, 2.75) is 31.9 Å². The second kappa shape index (κ2) is 8.17. The van der Waals surface area contributed by atoms with E-state index in [2.05, 4.69) is 0 Å². The van der Waals surface area contributed by atoms with Gasteiger partial charge in [0.2, 0.25) is 0 Å². The number of carbonyl (C=O) groups is 2. The molecule has 2 saturated heterocycles. The third-order valence-electron chi connectivity index (χ3n) is 6.02. The molecule has 6 nitrogen and oxygen atoms in total. The number of carbonyl (C=O) groups excluding carboxylic acids is 2. The molecule has 164 valence electrons. The number of amides is 2. The van der Waals surface area contributed by atoms with Crippen molar-refractivity contribution in [2.24, 2.45) is 0 Å². The Balaban J connectivity index is 1.40. The molecule has 1 spiro atoms. The number of hydrogen-bond acceptors (Lipinski definition) is 4. The number of likely N-dealkylation sites (tertiary alicyclic amines) is 1. The van der Waals surface area contributed by atoms with Crippen molar-refractivity contribution in [2.75, 3.05) is 26.7 Å². The quantitative estimate of drug-likeness (QED) is 0.738. The van der Waals surface area contributed by atoms with E-state index in [4.69, 9.17) is 9.47 Å². The van der Waals surface area contributed by atoms with Gasteiger partial charge in [0.25, 0.3) is 5.91 Å². The van der Waals surface area contributed by atoms with Gasteiger partial charge in [0.1, 0.15) is 11.4 Å². The number of ether oxygens (including phenoxy) is 2. The normalized spacial score (nSPS) is 17.7. The van der Waals surface area contributed by atoms with Crippen LogP contribution in [0.5, 0.6) is 5.75 Å². The molecule has 0 aliphatic carbocycles. The van der Waals surface area contributed by atoms with Crippen LogP contribution in [0.2, 0.25) is 0 Å². The fourth-order valence-corrected chi connectivity index (χ4v) is 4.17. The second-order valence-electron chi connectivity index (χ2n) is 8.11. The standard InChI is InChI=1S/C23H24F2N2O4/c1-15-6-7-18(20(25)19(15)24)21(28)26-10-8-23(9-11-26)14-27(22(29)31-23)13-16-4-3-5-17(12-16)30-2/h3-7,12H,8-11,13-14H2,1-2H3. The molecule has 0 atom stereocenters. The highest BCUT2D eigenvalue weighted by atomic mass is 19.2. The maximum Gasteiger partial charge on any atom is 0.410 e. The molecule has 2 aliphatic heterocycles. The van der Waals surface area contributed by atoms with Crippen molar-refractivity contribution in [3.05, 3.63) is 64.7 Å². The van der Waals surface area contributed by atoms with Crippen molar-refractivity contribution in [3.8, 4) is 5.75 Å².